The largest absolute Gasteiger partial charge is 0.380 e. The Morgan fingerprint density at radius 1 is 1.62 bits per heavy atom. The number of hydrogen-bond acceptors (Lipinski definition) is 1. The molecule has 0 aromatic rings. The molecular formula is C6H11FO. The summed E-state index contributed by atoms with van der Waals surface area (Å²) in [5.41, 5.74) is -0.167. The van der Waals surface area contributed by atoms with E-state index in [1.807, 2.05) is 6.92 Å². The molecule has 0 N–H and O–H groups in total. The third-order valence-corrected chi connectivity index (χ3v) is 1.82. The third kappa shape index (κ3) is 0.730. The van der Waals surface area contributed by atoms with E-state index in [0.717, 1.165) is 0 Å². The lowest BCUT2D eigenvalue weighted by Crippen LogP contribution is -2.45. The molecular weight excluding hydrogens is 107 g/mol. The molecule has 1 saturated heterocycles. The lowest BCUT2D eigenvalue weighted by molar-refractivity contribution is -0.135. The first kappa shape index (κ1) is 6.02. The van der Waals surface area contributed by atoms with Crippen LogP contribution in [0, 0.1) is 5.41 Å². The fourth-order valence-corrected chi connectivity index (χ4v) is 0.654. The van der Waals surface area contributed by atoms with Gasteiger partial charge in [0.2, 0.25) is 0 Å². The summed E-state index contributed by atoms with van der Waals surface area (Å²) in [6.07, 6.45) is -0.726. The maximum Gasteiger partial charge on any atom is 0.107 e. The van der Waals surface area contributed by atoms with Crippen molar-refractivity contribution in [2.75, 3.05) is 13.2 Å². The Kier molecular flexibility index (Phi) is 1.27. The van der Waals surface area contributed by atoms with Gasteiger partial charge < -0.3 is 4.74 Å². The van der Waals surface area contributed by atoms with Crippen LogP contribution in [0.25, 0.3) is 0 Å². The summed E-state index contributed by atoms with van der Waals surface area (Å²) in [7, 11) is 0. The normalized spacial score (nSPS) is 28.9. The maximum absolute atomic E-state index is 12.5. The monoisotopic (exact) mass is 118 g/mol. The highest BCUT2D eigenvalue weighted by Crippen LogP contribution is 2.31. The SMILES string of the molecule is CC(F)C1(C)COC1. The van der Waals surface area contributed by atoms with Gasteiger partial charge in [-0.1, -0.05) is 6.92 Å². The number of alkyl halides is 1. The summed E-state index contributed by atoms with van der Waals surface area (Å²) < 4.78 is 17.3. The van der Waals surface area contributed by atoms with Crippen molar-refractivity contribution in [3.8, 4) is 0 Å². The molecule has 48 valence electrons. The minimum atomic E-state index is -0.726. The molecule has 1 nitrogen and oxygen atoms in total. The Labute approximate surface area is 48.8 Å². The van der Waals surface area contributed by atoms with Gasteiger partial charge in [-0.05, 0) is 6.92 Å². The average Bonchev–Trinajstić information content (AvgIpc) is 1.60. The van der Waals surface area contributed by atoms with Crippen molar-refractivity contribution in [1.29, 1.82) is 0 Å². The minimum absolute atomic E-state index is 0.167. The highest BCUT2D eigenvalue weighted by molar-refractivity contribution is 4.85. The zero-order valence-corrected chi connectivity index (χ0v) is 5.28. The van der Waals surface area contributed by atoms with Gasteiger partial charge in [-0.3, -0.25) is 0 Å². The van der Waals surface area contributed by atoms with E-state index >= 15 is 0 Å². The molecule has 0 bridgehead atoms. The highest BCUT2D eigenvalue weighted by atomic mass is 19.1. The van der Waals surface area contributed by atoms with Gasteiger partial charge in [0.15, 0.2) is 0 Å². The molecule has 0 aromatic heterocycles. The minimum Gasteiger partial charge on any atom is -0.380 e. The molecule has 1 aliphatic rings. The number of halogens is 1. The smallest absolute Gasteiger partial charge is 0.107 e. The molecule has 8 heavy (non-hydrogen) atoms. The van der Waals surface area contributed by atoms with Crippen LogP contribution in [0.15, 0.2) is 0 Å². The van der Waals surface area contributed by atoms with Crippen LogP contribution in [0.3, 0.4) is 0 Å². The molecule has 0 aliphatic carbocycles. The lowest BCUT2D eigenvalue weighted by Gasteiger charge is -2.39. The van der Waals surface area contributed by atoms with Crippen LogP contribution in [0.2, 0.25) is 0 Å². The van der Waals surface area contributed by atoms with Gasteiger partial charge >= 0.3 is 0 Å². The zero-order chi connectivity index (χ0) is 6.20. The molecule has 1 aliphatic heterocycles. The summed E-state index contributed by atoms with van der Waals surface area (Å²) in [5.74, 6) is 0. The van der Waals surface area contributed by atoms with E-state index in [2.05, 4.69) is 0 Å². The summed E-state index contributed by atoms with van der Waals surface area (Å²) in [4.78, 5) is 0. The Morgan fingerprint density at radius 3 is 2.12 bits per heavy atom. The fraction of sp³-hybridized carbons (Fsp3) is 1.00. The van der Waals surface area contributed by atoms with E-state index in [0.29, 0.717) is 13.2 Å². The van der Waals surface area contributed by atoms with E-state index in [-0.39, 0.29) is 5.41 Å². The van der Waals surface area contributed by atoms with Crippen molar-refractivity contribution < 1.29 is 9.13 Å². The Balaban J connectivity index is 2.41. The van der Waals surface area contributed by atoms with E-state index in [9.17, 15) is 4.39 Å². The highest BCUT2D eigenvalue weighted by Gasteiger charge is 2.38. The molecule has 0 amide bonds. The van der Waals surface area contributed by atoms with Crippen molar-refractivity contribution in [3.63, 3.8) is 0 Å². The third-order valence-electron chi connectivity index (χ3n) is 1.82. The first-order valence-electron chi connectivity index (χ1n) is 2.87. The molecule has 0 aromatic carbocycles. The maximum atomic E-state index is 12.5. The van der Waals surface area contributed by atoms with Crippen molar-refractivity contribution >= 4 is 0 Å². The Bertz CT molecular complexity index is 86.5. The standard InChI is InChI=1S/C6H11FO/c1-5(7)6(2)3-8-4-6/h5H,3-4H2,1-2H3. The average molecular weight is 118 g/mol. The van der Waals surface area contributed by atoms with Gasteiger partial charge in [0.25, 0.3) is 0 Å². The molecule has 1 heterocycles. The van der Waals surface area contributed by atoms with Crippen LogP contribution in [0.4, 0.5) is 4.39 Å². The Hall–Kier alpha value is -0.110. The van der Waals surface area contributed by atoms with Crippen molar-refractivity contribution in [1.82, 2.24) is 0 Å². The summed E-state index contributed by atoms with van der Waals surface area (Å²) in [6, 6.07) is 0. The molecule has 2 heteroatoms. The Morgan fingerprint density at radius 2 is 2.12 bits per heavy atom. The zero-order valence-electron chi connectivity index (χ0n) is 5.28. The summed E-state index contributed by atoms with van der Waals surface area (Å²) in [6.45, 7) is 4.67. The first-order valence-corrected chi connectivity index (χ1v) is 2.87. The van der Waals surface area contributed by atoms with Gasteiger partial charge in [-0.15, -0.1) is 0 Å². The predicted octanol–water partition coefficient (Wildman–Crippen LogP) is 1.38. The second kappa shape index (κ2) is 1.69. The fourth-order valence-electron chi connectivity index (χ4n) is 0.654. The number of hydrogen-bond donors (Lipinski definition) is 0. The second-order valence-corrected chi connectivity index (χ2v) is 2.76. The topological polar surface area (TPSA) is 9.23 Å². The molecule has 1 fully saturated rings. The van der Waals surface area contributed by atoms with E-state index < -0.39 is 6.17 Å². The quantitative estimate of drug-likeness (QED) is 0.505. The van der Waals surface area contributed by atoms with Crippen LogP contribution in [-0.4, -0.2) is 19.4 Å². The van der Waals surface area contributed by atoms with Crippen LogP contribution in [-0.2, 0) is 4.74 Å². The van der Waals surface area contributed by atoms with Gasteiger partial charge in [0.05, 0.1) is 13.2 Å². The van der Waals surface area contributed by atoms with Crippen LogP contribution >= 0.6 is 0 Å². The van der Waals surface area contributed by atoms with Crippen molar-refractivity contribution in [2.24, 2.45) is 5.41 Å². The van der Waals surface area contributed by atoms with Crippen molar-refractivity contribution in [3.05, 3.63) is 0 Å². The van der Waals surface area contributed by atoms with E-state index in [4.69, 9.17) is 4.74 Å². The van der Waals surface area contributed by atoms with Gasteiger partial charge in [0.1, 0.15) is 6.17 Å². The number of rotatable bonds is 1. The van der Waals surface area contributed by atoms with E-state index in [1.54, 1.807) is 6.92 Å². The molecule has 0 radical (unpaired) electrons. The van der Waals surface area contributed by atoms with E-state index in [1.165, 1.54) is 0 Å². The molecule has 1 unspecified atom stereocenters. The van der Waals surface area contributed by atoms with Crippen LogP contribution in [0.5, 0.6) is 0 Å². The van der Waals surface area contributed by atoms with Crippen molar-refractivity contribution in [2.45, 2.75) is 20.0 Å². The lowest BCUT2D eigenvalue weighted by atomic mass is 9.84. The predicted molar refractivity (Wildman–Crippen MR) is 29.5 cm³/mol. The molecule has 1 atom stereocenters. The molecule has 0 saturated carbocycles. The first-order chi connectivity index (χ1) is 3.65. The molecule has 1 rings (SSSR count). The van der Waals surface area contributed by atoms with Crippen LogP contribution in [0.1, 0.15) is 13.8 Å². The number of ether oxygens (including phenoxy) is 1. The molecule has 0 spiro atoms. The second-order valence-electron chi connectivity index (χ2n) is 2.76. The van der Waals surface area contributed by atoms with Gasteiger partial charge in [-0.2, -0.15) is 0 Å². The van der Waals surface area contributed by atoms with Crippen LogP contribution < -0.4 is 0 Å². The van der Waals surface area contributed by atoms with Gasteiger partial charge in [0, 0.05) is 5.41 Å². The summed E-state index contributed by atoms with van der Waals surface area (Å²) in [5, 5.41) is 0. The van der Waals surface area contributed by atoms with Gasteiger partial charge in [-0.25, -0.2) is 4.39 Å². The summed E-state index contributed by atoms with van der Waals surface area (Å²) >= 11 is 0.